The molecule has 0 saturated carbocycles. The Labute approximate surface area is 244 Å². The van der Waals surface area contributed by atoms with Crippen molar-refractivity contribution in [1.82, 2.24) is 9.97 Å². The summed E-state index contributed by atoms with van der Waals surface area (Å²) in [4.78, 5) is 13.3. The first-order valence-electron chi connectivity index (χ1n) is 12.4. The van der Waals surface area contributed by atoms with Gasteiger partial charge in [-0.25, -0.2) is 16.1 Å². The minimum Gasteiger partial charge on any atom is -0.460 e. The molecule has 0 amide bonds. The molecule has 0 aliphatic heterocycles. The number of nitrogens with zero attached hydrogens (tertiary/aromatic N) is 4. The molecule has 0 saturated heterocycles. The molecule has 7 heteroatoms. The van der Waals surface area contributed by atoms with E-state index in [0.29, 0.717) is 11.6 Å². The maximum absolute atomic E-state index is 6.08. The summed E-state index contributed by atoms with van der Waals surface area (Å²) in [7, 11) is 7.28. The summed E-state index contributed by atoms with van der Waals surface area (Å²) in [6.07, 6.45) is 3.66. The first kappa shape index (κ1) is 26.9. The SMILES string of the molecule is CN(C)c1ccnc(Oc2[c-]c(-c3[c-]c4c(cc3)c3ccccc3p4-c3cc(N(C)C)ccn3)ccc2)c1.[Pt+2]. The van der Waals surface area contributed by atoms with Gasteiger partial charge in [0.15, 0.2) is 0 Å². The smallest absolute Gasteiger partial charge is 0.460 e. The summed E-state index contributed by atoms with van der Waals surface area (Å²) in [5, 5.41) is 5.01. The second-order valence-corrected chi connectivity index (χ2v) is 11.6. The zero-order valence-electron chi connectivity index (χ0n) is 22.1. The topological polar surface area (TPSA) is 41.5 Å². The Kier molecular flexibility index (Phi) is 7.75. The Morgan fingerprint density at radius 2 is 1.41 bits per heavy atom. The van der Waals surface area contributed by atoms with Gasteiger partial charge in [-0.3, -0.25) is 4.98 Å². The van der Waals surface area contributed by atoms with Crippen LogP contribution in [-0.2, 0) is 21.1 Å². The third-order valence-corrected chi connectivity index (χ3v) is 8.94. The molecule has 3 aromatic heterocycles. The molecule has 0 bridgehead atoms. The van der Waals surface area contributed by atoms with Crippen LogP contribution in [0.3, 0.4) is 0 Å². The quantitative estimate of drug-likeness (QED) is 0.164. The third kappa shape index (κ3) is 5.30. The van der Waals surface area contributed by atoms with Gasteiger partial charge in [0.1, 0.15) is 0 Å². The molecule has 3 heterocycles. The van der Waals surface area contributed by atoms with E-state index < -0.39 is 7.53 Å². The first-order chi connectivity index (χ1) is 18.5. The predicted molar refractivity (Wildman–Crippen MR) is 159 cm³/mol. The van der Waals surface area contributed by atoms with Gasteiger partial charge in [0.2, 0.25) is 5.88 Å². The van der Waals surface area contributed by atoms with Crippen LogP contribution < -0.4 is 14.5 Å². The number of hydrogen-bond donors (Lipinski definition) is 0. The first-order valence-corrected chi connectivity index (χ1v) is 13.8. The number of rotatable bonds is 6. The zero-order valence-corrected chi connectivity index (χ0v) is 25.3. The molecule has 0 radical (unpaired) electrons. The van der Waals surface area contributed by atoms with Gasteiger partial charge in [0.05, 0.1) is 5.44 Å². The van der Waals surface area contributed by atoms with Gasteiger partial charge in [0.25, 0.3) is 0 Å². The van der Waals surface area contributed by atoms with Crippen molar-refractivity contribution < 1.29 is 25.8 Å². The van der Waals surface area contributed by atoms with Crippen molar-refractivity contribution in [3.05, 3.63) is 103 Å². The summed E-state index contributed by atoms with van der Waals surface area (Å²) in [6, 6.07) is 34.2. The molecule has 39 heavy (non-hydrogen) atoms. The predicted octanol–water partition coefficient (Wildman–Crippen LogP) is 7.95. The van der Waals surface area contributed by atoms with Crippen molar-refractivity contribution in [1.29, 1.82) is 0 Å². The second kappa shape index (κ2) is 11.2. The fourth-order valence-corrected chi connectivity index (χ4v) is 7.11. The van der Waals surface area contributed by atoms with E-state index in [0.717, 1.165) is 27.9 Å². The van der Waals surface area contributed by atoms with Crippen molar-refractivity contribution in [3.63, 3.8) is 0 Å². The zero-order chi connectivity index (χ0) is 26.2. The van der Waals surface area contributed by atoms with Crippen LogP contribution in [0.1, 0.15) is 0 Å². The summed E-state index contributed by atoms with van der Waals surface area (Å²) in [5.74, 6) is 1.15. The van der Waals surface area contributed by atoms with Crippen molar-refractivity contribution in [3.8, 4) is 28.2 Å². The van der Waals surface area contributed by atoms with Gasteiger partial charge in [-0.05, 0) is 28.7 Å². The van der Waals surface area contributed by atoms with Crippen molar-refractivity contribution in [2.45, 2.75) is 0 Å². The molecule has 0 aliphatic rings. The number of pyridine rings is 2. The third-order valence-electron chi connectivity index (χ3n) is 6.57. The molecule has 3 aromatic carbocycles. The fourth-order valence-electron chi connectivity index (χ4n) is 4.61. The van der Waals surface area contributed by atoms with Gasteiger partial charge in [0, 0.05) is 63.8 Å². The molecule has 1 atom stereocenters. The van der Waals surface area contributed by atoms with Crippen LogP contribution in [0, 0.1) is 12.1 Å². The molecule has 196 valence electrons. The minimum absolute atomic E-state index is 0. The molecule has 0 aliphatic carbocycles. The number of aromatic nitrogens is 2. The van der Waals surface area contributed by atoms with Gasteiger partial charge < -0.3 is 14.5 Å². The van der Waals surface area contributed by atoms with E-state index in [-0.39, 0.29) is 21.1 Å². The van der Waals surface area contributed by atoms with Gasteiger partial charge in [-0.1, -0.05) is 42.3 Å². The Bertz CT molecular complexity index is 1780. The van der Waals surface area contributed by atoms with E-state index >= 15 is 0 Å². The van der Waals surface area contributed by atoms with Crippen LogP contribution >= 0.6 is 7.53 Å². The average molecular weight is 710 g/mol. The fraction of sp³-hybridized carbons (Fsp3) is 0.125. The van der Waals surface area contributed by atoms with Crippen LogP contribution in [0.15, 0.2) is 91.3 Å². The Balaban J connectivity index is 0.00000308. The summed E-state index contributed by atoms with van der Waals surface area (Å²) in [6.45, 7) is 0. The Morgan fingerprint density at radius 1 is 0.692 bits per heavy atom. The summed E-state index contributed by atoms with van der Waals surface area (Å²) >= 11 is 0. The maximum Gasteiger partial charge on any atom is 2.00 e. The monoisotopic (exact) mass is 709 g/mol. The normalized spacial score (nSPS) is 11.3. The number of benzene rings is 3. The molecule has 5 nitrogen and oxygen atoms in total. The number of fused-ring (bicyclic) bond motifs is 3. The van der Waals surface area contributed by atoms with Crippen LogP contribution in [0.4, 0.5) is 11.4 Å². The van der Waals surface area contributed by atoms with Crippen LogP contribution in [0.2, 0.25) is 0 Å². The van der Waals surface area contributed by atoms with Crippen molar-refractivity contribution in [2.75, 3.05) is 38.0 Å². The minimum atomic E-state index is -0.830. The van der Waals surface area contributed by atoms with Crippen molar-refractivity contribution >= 4 is 39.9 Å². The molecular formula is C32H27N4OPPt. The van der Waals surface area contributed by atoms with Crippen LogP contribution in [0.5, 0.6) is 11.6 Å². The van der Waals surface area contributed by atoms with E-state index in [1.807, 2.05) is 61.6 Å². The van der Waals surface area contributed by atoms with Gasteiger partial charge in [-0.15, -0.1) is 18.2 Å². The van der Waals surface area contributed by atoms with E-state index in [9.17, 15) is 0 Å². The molecule has 0 fully saturated rings. The standard InChI is InChI=1S/C32H27N4OP.Pt/c1-35(2)24-14-16-33-31(20-24)37-26-9-7-8-22(18-26)23-12-13-28-27-10-5-6-11-29(27)38(30(28)19-23)32-21-25(36(3)4)15-17-34-32;/h5-17,20-21H,1-4H3;/q-2;+2. The summed E-state index contributed by atoms with van der Waals surface area (Å²) < 4.78 is 6.08. The number of anilines is 2. The van der Waals surface area contributed by atoms with E-state index in [4.69, 9.17) is 9.72 Å². The van der Waals surface area contributed by atoms with Gasteiger partial charge >= 0.3 is 21.1 Å². The molecule has 1 unspecified atom stereocenters. The largest absolute Gasteiger partial charge is 2.00 e. The molecule has 0 N–H and O–H groups in total. The second-order valence-electron chi connectivity index (χ2n) is 9.53. The van der Waals surface area contributed by atoms with E-state index in [2.05, 4.69) is 78.6 Å². The van der Waals surface area contributed by atoms with E-state index in [1.54, 1.807) is 6.20 Å². The molecule has 6 aromatic rings. The maximum atomic E-state index is 6.08. The van der Waals surface area contributed by atoms with Crippen molar-refractivity contribution in [2.24, 2.45) is 0 Å². The molecule has 6 rings (SSSR count). The van der Waals surface area contributed by atoms with Crippen LogP contribution in [0.25, 0.3) is 37.6 Å². The average Bonchev–Trinajstić information content (AvgIpc) is 3.27. The number of ether oxygens (including phenoxy) is 1. The summed E-state index contributed by atoms with van der Waals surface area (Å²) in [5.41, 5.74) is 5.16. The number of hydrogen-bond acceptors (Lipinski definition) is 5. The van der Waals surface area contributed by atoms with Crippen LogP contribution in [-0.4, -0.2) is 38.2 Å². The Morgan fingerprint density at radius 3 is 2.21 bits per heavy atom. The Hall–Kier alpha value is -3.65. The van der Waals surface area contributed by atoms with Gasteiger partial charge in [-0.2, -0.15) is 24.3 Å². The molecule has 0 spiro atoms. The van der Waals surface area contributed by atoms with E-state index in [1.165, 1.54) is 21.0 Å². The molecular weight excluding hydrogens is 682 g/mol.